The predicted molar refractivity (Wildman–Crippen MR) is 115 cm³/mol. The first-order valence-corrected chi connectivity index (χ1v) is 10.6. The molecule has 2 aromatic rings. The Bertz CT molecular complexity index is 953. The number of ether oxygens (including phenoxy) is 1. The summed E-state index contributed by atoms with van der Waals surface area (Å²) in [6.07, 6.45) is 0.345. The quantitative estimate of drug-likeness (QED) is 0.636. The second-order valence-corrected chi connectivity index (χ2v) is 8.32. The monoisotopic (exact) mass is 422 g/mol. The molecular weight excluding hydrogens is 396 g/mol. The number of carbonyl (C=O) groups is 3. The summed E-state index contributed by atoms with van der Waals surface area (Å²) >= 11 is 0. The predicted octanol–water partition coefficient (Wildman–Crippen LogP) is 3.14. The van der Waals surface area contributed by atoms with E-state index >= 15 is 0 Å². The number of hydrogen-bond donors (Lipinski definition) is 3. The van der Waals surface area contributed by atoms with Crippen LogP contribution in [0.1, 0.15) is 36.8 Å². The molecule has 0 aromatic heterocycles. The molecule has 0 spiro atoms. The molecule has 2 aliphatic rings. The van der Waals surface area contributed by atoms with E-state index in [2.05, 4.69) is 34.9 Å². The minimum Gasteiger partial charge on any atom is -0.481 e. The Morgan fingerprint density at radius 2 is 1.61 bits per heavy atom. The van der Waals surface area contributed by atoms with Gasteiger partial charge in [0, 0.05) is 18.5 Å². The molecule has 0 bridgehead atoms. The van der Waals surface area contributed by atoms with Crippen LogP contribution in [0.3, 0.4) is 0 Å². The Morgan fingerprint density at radius 1 is 1.03 bits per heavy atom. The number of hydrogen-bond acceptors (Lipinski definition) is 4. The van der Waals surface area contributed by atoms with Crippen LogP contribution in [0.5, 0.6) is 0 Å². The van der Waals surface area contributed by atoms with Crippen molar-refractivity contribution < 1.29 is 24.2 Å². The first-order valence-electron chi connectivity index (χ1n) is 10.6. The topological polar surface area (TPSA) is 105 Å². The molecule has 1 unspecified atom stereocenters. The van der Waals surface area contributed by atoms with Gasteiger partial charge in [0.25, 0.3) is 0 Å². The zero-order valence-corrected chi connectivity index (χ0v) is 17.3. The van der Waals surface area contributed by atoms with Crippen LogP contribution in [0.15, 0.2) is 48.5 Å². The Kier molecular flexibility index (Phi) is 5.93. The van der Waals surface area contributed by atoms with Gasteiger partial charge < -0.3 is 20.5 Å². The van der Waals surface area contributed by atoms with Gasteiger partial charge in [-0.2, -0.15) is 0 Å². The van der Waals surface area contributed by atoms with E-state index in [1.807, 2.05) is 24.3 Å². The Labute approximate surface area is 180 Å². The van der Waals surface area contributed by atoms with Crippen LogP contribution in [-0.4, -0.2) is 42.3 Å². The van der Waals surface area contributed by atoms with Gasteiger partial charge in [-0.05, 0) is 35.1 Å². The number of benzene rings is 2. The minimum absolute atomic E-state index is 0.0142. The number of fused-ring (bicyclic) bond motifs is 3. The standard InChI is InChI=1S/C24H26N2O5/c1-14(22(27)26-16-10-15(11-16)23(28)29)12-25-24(30)31-13-21-19-8-4-2-6-17(19)18-7-3-5-9-20(18)21/h2-9,14-16,21H,10-13H2,1H3,(H,25,30)(H,26,27)(H,28,29). The molecule has 162 valence electrons. The molecule has 0 heterocycles. The molecule has 4 rings (SSSR count). The molecule has 0 saturated heterocycles. The number of carbonyl (C=O) groups excluding carboxylic acids is 2. The number of rotatable bonds is 7. The van der Waals surface area contributed by atoms with Gasteiger partial charge >= 0.3 is 12.1 Å². The molecule has 1 saturated carbocycles. The summed E-state index contributed by atoms with van der Waals surface area (Å²) in [5.74, 6) is -1.85. The zero-order chi connectivity index (χ0) is 22.0. The first kappa shape index (κ1) is 20.9. The highest BCUT2D eigenvalue weighted by Crippen LogP contribution is 2.44. The fourth-order valence-electron chi connectivity index (χ4n) is 4.26. The number of carboxylic acids is 1. The smallest absolute Gasteiger partial charge is 0.407 e. The highest BCUT2D eigenvalue weighted by molar-refractivity contribution is 5.81. The number of carboxylic acid groups (broad SMARTS) is 1. The largest absolute Gasteiger partial charge is 0.481 e. The maximum absolute atomic E-state index is 12.2. The second kappa shape index (κ2) is 8.79. The van der Waals surface area contributed by atoms with E-state index in [1.165, 1.54) is 11.1 Å². The number of amides is 2. The molecule has 2 aliphatic carbocycles. The van der Waals surface area contributed by atoms with Crippen molar-refractivity contribution in [3.05, 3.63) is 59.7 Å². The summed E-state index contributed by atoms with van der Waals surface area (Å²) in [7, 11) is 0. The zero-order valence-electron chi connectivity index (χ0n) is 17.3. The highest BCUT2D eigenvalue weighted by Gasteiger charge is 2.36. The maximum atomic E-state index is 12.2. The summed E-state index contributed by atoms with van der Waals surface area (Å²) in [6, 6.07) is 16.1. The molecule has 7 heteroatoms. The first-order chi connectivity index (χ1) is 14.9. The SMILES string of the molecule is CC(CNC(=O)OCC1c2ccccc2-c2ccccc21)C(=O)NC1CC(C(=O)O)C1. The fraction of sp³-hybridized carbons (Fsp3) is 0.375. The molecule has 7 nitrogen and oxygen atoms in total. The van der Waals surface area contributed by atoms with Gasteiger partial charge in [-0.25, -0.2) is 4.79 Å². The van der Waals surface area contributed by atoms with Gasteiger partial charge in [0.15, 0.2) is 0 Å². The van der Waals surface area contributed by atoms with Crippen molar-refractivity contribution in [2.45, 2.75) is 31.7 Å². The second-order valence-electron chi connectivity index (χ2n) is 8.32. The highest BCUT2D eigenvalue weighted by atomic mass is 16.5. The molecule has 31 heavy (non-hydrogen) atoms. The fourth-order valence-corrected chi connectivity index (χ4v) is 4.26. The van der Waals surface area contributed by atoms with Crippen LogP contribution in [0, 0.1) is 11.8 Å². The van der Waals surface area contributed by atoms with Crippen molar-refractivity contribution in [1.82, 2.24) is 10.6 Å². The molecular formula is C24H26N2O5. The molecule has 1 atom stereocenters. The molecule has 0 radical (unpaired) electrons. The van der Waals surface area contributed by atoms with Crippen LogP contribution in [0.2, 0.25) is 0 Å². The van der Waals surface area contributed by atoms with Gasteiger partial charge in [-0.1, -0.05) is 55.5 Å². The molecule has 3 N–H and O–H groups in total. The van der Waals surface area contributed by atoms with Crippen LogP contribution >= 0.6 is 0 Å². The summed E-state index contributed by atoms with van der Waals surface area (Å²) in [6.45, 7) is 2.09. The van der Waals surface area contributed by atoms with Crippen LogP contribution in [-0.2, 0) is 14.3 Å². The minimum atomic E-state index is -0.824. The lowest BCUT2D eigenvalue weighted by atomic mass is 9.80. The van der Waals surface area contributed by atoms with E-state index in [0.29, 0.717) is 12.8 Å². The lowest BCUT2D eigenvalue weighted by Crippen LogP contribution is -2.49. The van der Waals surface area contributed by atoms with Crippen LogP contribution in [0.4, 0.5) is 4.79 Å². The van der Waals surface area contributed by atoms with Crippen molar-refractivity contribution in [2.24, 2.45) is 11.8 Å². The Balaban J connectivity index is 1.25. The molecule has 2 aromatic carbocycles. The van der Waals surface area contributed by atoms with Gasteiger partial charge in [0.05, 0.1) is 11.8 Å². The third kappa shape index (κ3) is 4.40. The number of aliphatic carboxylic acids is 1. The van der Waals surface area contributed by atoms with E-state index in [1.54, 1.807) is 6.92 Å². The number of alkyl carbamates (subject to hydrolysis) is 1. The van der Waals surface area contributed by atoms with E-state index in [4.69, 9.17) is 9.84 Å². The van der Waals surface area contributed by atoms with Crippen molar-refractivity contribution in [3.8, 4) is 11.1 Å². The maximum Gasteiger partial charge on any atom is 0.407 e. The Hall–Kier alpha value is -3.35. The van der Waals surface area contributed by atoms with E-state index < -0.39 is 18.0 Å². The van der Waals surface area contributed by atoms with Crippen molar-refractivity contribution >= 4 is 18.0 Å². The number of nitrogens with one attached hydrogen (secondary N) is 2. The van der Waals surface area contributed by atoms with E-state index in [0.717, 1.165) is 11.1 Å². The van der Waals surface area contributed by atoms with Gasteiger partial charge in [-0.3, -0.25) is 9.59 Å². The van der Waals surface area contributed by atoms with Crippen molar-refractivity contribution in [3.63, 3.8) is 0 Å². The van der Waals surface area contributed by atoms with Crippen LogP contribution in [0.25, 0.3) is 11.1 Å². The summed E-state index contributed by atoms with van der Waals surface area (Å²) in [4.78, 5) is 35.3. The van der Waals surface area contributed by atoms with Crippen molar-refractivity contribution in [1.29, 1.82) is 0 Å². The summed E-state index contributed by atoms with van der Waals surface area (Å²) < 4.78 is 5.48. The lowest BCUT2D eigenvalue weighted by Gasteiger charge is -2.33. The average Bonchev–Trinajstić information content (AvgIpc) is 3.06. The molecule has 0 aliphatic heterocycles. The summed E-state index contributed by atoms with van der Waals surface area (Å²) in [5, 5.41) is 14.4. The van der Waals surface area contributed by atoms with Gasteiger partial charge in [0.1, 0.15) is 6.61 Å². The van der Waals surface area contributed by atoms with Gasteiger partial charge in [0.2, 0.25) is 5.91 Å². The van der Waals surface area contributed by atoms with E-state index in [9.17, 15) is 14.4 Å². The third-order valence-corrected chi connectivity index (χ3v) is 6.18. The third-order valence-electron chi connectivity index (χ3n) is 6.18. The average molecular weight is 422 g/mol. The van der Waals surface area contributed by atoms with Crippen molar-refractivity contribution in [2.75, 3.05) is 13.2 Å². The normalized spacial score (nSPS) is 20.0. The van der Waals surface area contributed by atoms with Gasteiger partial charge in [-0.15, -0.1) is 0 Å². The Morgan fingerprint density at radius 3 is 2.19 bits per heavy atom. The molecule has 2 amide bonds. The molecule has 1 fully saturated rings. The summed E-state index contributed by atoms with van der Waals surface area (Å²) in [5.41, 5.74) is 4.62. The van der Waals surface area contributed by atoms with Crippen LogP contribution < -0.4 is 10.6 Å². The van der Waals surface area contributed by atoms with E-state index in [-0.39, 0.29) is 36.9 Å². The lowest BCUT2D eigenvalue weighted by molar-refractivity contribution is -0.146.